The van der Waals surface area contributed by atoms with Crippen LogP contribution in [0.15, 0.2) is 60.7 Å². The first-order chi connectivity index (χ1) is 14.1. The zero-order valence-electron chi connectivity index (χ0n) is 17.0. The van der Waals surface area contributed by atoms with Crippen molar-refractivity contribution in [2.24, 2.45) is 0 Å². The topological polar surface area (TPSA) is 72.9 Å². The van der Waals surface area contributed by atoms with Gasteiger partial charge in [-0.1, -0.05) is 55.5 Å². The summed E-state index contributed by atoms with van der Waals surface area (Å²) in [6.45, 7) is 2.89. The average molecular weight is 396 g/mol. The molecule has 3 amide bonds. The quantitative estimate of drug-likeness (QED) is 0.757. The number of hydrogen-bond donors (Lipinski definition) is 2. The first kappa shape index (κ1) is 20.9. The van der Waals surface area contributed by atoms with Crippen LogP contribution in [0.3, 0.4) is 0 Å². The molecule has 0 saturated carbocycles. The second kappa shape index (κ2) is 9.56. The molecule has 0 unspecified atom stereocenters. The smallest absolute Gasteiger partial charge is 0.317 e. The van der Waals surface area contributed by atoms with Crippen molar-refractivity contribution in [3.8, 4) is 0 Å². The highest BCUT2D eigenvalue weighted by atomic mass is 16.3. The molecule has 3 atom stereocenters. The predicted molar refractivity (Wildman–Crippen MR) is 113 cm³/mol. The Labute approximate surface area is 172 Å². The molecule has 6 heteroatoms. The van der Waals surface area contributed by atoms with Gasteiger partial charge in [0.15, 0.2) is 0 Å². The molecule has 3 rings (SSSR count). The Morgan fingerprint density at radius 3 is 2.24 bits per heavy atom. The molecule has 29 heavy (non-hydrogen) atoms. The number of urea groups is 1. The summed E-state index contributed by atoms with van der Waals surface area (Å²) in [6.07, 6.45) is 0.862. The number of aliphatic hydroxyl groups is 1. The van der Waals surface area contributed by atoms with Crippen LogP contribution in [0.5, 0.6) is 0 Å². The number of rotatable bonds is 7. The van der Waals surface area contributed by atoms with E-state index in [9.17, 15) is 14.7 Å². The van der Waals surface area contributed by atoms with Gasteiger partial charge in [0.05, 0.1) is 18.7 Å². The van der Waals surface area contributed by atoms with Crippen LogP contribution in [-0.4, -0.2) is 65.7 Å². The number of aliphatic hydroxyl groups excluding tert-OH is 1. The molecule has 0 radical (unpaired) electrons. The lowest BCUT2D eigenvalue weighted by atomic mass is 9.74. The first-order valence-electron chi connectivity index (χ1n) is 10.1. The standard InChI is InChI=1S/C23H29N3O3/c1-3-14-24-23(29)25(2)15-19-21(17-10-6-4-7-11-17)20(16-27)26(19)22(28)18-12-8-5-9-13-18/h4-13,19-21,27H,3,14-16H2,1-2H3,(H,24,29)/t19-,20+,21-/m0/s1. The van der Waals surface area contributed by atoms with Gasteiger partial charge in [-0.2, -0.15) is 0 Å². The summed E-state index contributed by atoms with van der Waals surface area (Å²) >= 11 is 0. The maximum atomic E-state index is 13.2. The van der Waals surface area contributed by atoms with Crippen molar-refractivity contribution in [1.29, 1.82) is 0 Å². The molecule has 0 aromatic heterocycles. The third kappa shape index (κ3) is 4.43. The number of hydrogen-bond acceptors (Lipinski definition) is 3. The monoisotopic (exact) mass is 395 g/mol. The zero-order chi connectivity index (χ0) is 20.8. The van der Waals surface area contributed by atoms with Crippen molar-refractivity contribution in [2.75, 3.05) is 26.7 Å². The largest absolute Gasteiger partial charge is 0.394 e. The molecule has 154 valence electrons. The molecule has 1 aliphatic rings. The van der Waals surface area contributed by atoms with Gasteiger partial charge >= 0.3 is 6.03 Å². The Morgan fingerprint density at radius 1 is 1.03 bits per heavy atom. The Balaban J connectivity index is 1.86. The fourth-order valence-electron chi connectivity index (χ4n) is 4.03. The van der Waals surface area contributed by atoms with E-state index >= 15 is 0 Å². The molecule has 2 aromatic carbocycles. The second-order valence-corrected chi connectivity index (χ2v) is 7.44. The molecule has 0 bridgehead atoms. The van der Waals surface area contributed by atoms with Crippen molar-refractivity contribution >= 4 is 11.9 Å². The fraction of sp³-hybridized carbons (Fsp3) is 0.391. The van der Waals surface area contributed by atoms with E-state index in [1.165, 1.54) is 0 Å². The highest BCUT2D eigenvalue weighted by Gasteiger charge is 2.51. The van der Waals surface area contributed by atoms with Crippen LogP contribution in [0.1, 0.15) is 35.2 Å². The Morgan fingerprint density at radius 2 is 1.66 bits per heavy atom. The van der Waals surface area contributed by atoms with Gasteiger partial charge in [-0.3, -0.25) is 4.79 Å². The van der Waals surface area contributed by atoms with Crippen LogP contribution in [0.2, 0.25) is 0 Å². The van der Waals surface area contributed by atoms with Crippen LogP contribution in [0.25, 0.3) is 0 Å². The molecular weight excluding hydrogens is 366 g/mol. The minimum atomic E-state index is -0.317. The summed E-state index contributed by atoms with van der Waals surface area (Å²) in [5, 5.41) is 12.9. The summed E-state index contributed by atoms with van der Waals surface area (Å²) < 4.78 is 0. The number of likely N-dealkylation sites (N-methyl/N-ethyl adjacent to an activating group) is 1. The van der Waals surface area contributed by atoms with Crippen molar-refractivity contribution in [3.63, 3.8) is 0 Å². The fourth-order valence-corrected chi connectivity index (χ4v) is 4.03. The van der Waals surface area contributed by atoms with E-state index in [0.29, 0.717) is 18.7 Å². The number of carbonyl (C=O) groups excluding carboxylic acids is 2. The van der Waals surface area contributed by atoms with E-state index in [2.05, 4.69) is 5.32 Å². The minimum Gasteiger partial charge on any atom is -0.394 e. The Kier molecular flexibility index (Phi) is 6.88. The Bertz CT molecular complexity index is 813. The molecule has 6 nitrogen and oxygen atoms in total. The number of amides is 3. The summed E-state index contributed by atoms with van der Waals surface area (Å²) in [4.78, 5) is 28.9. The molecule has 2 N–H and O–H groups in total. The van der Waals surface area contributed by atoms with Gasteiger partial charge in [-0.25, -0.2) is 4.79 Å². The molecule has 1 aliphatic heterocycles. The number of likely N-dealkylation sites (tertiary alicyclic amines) is 1. The van der Waals surface area contributed by atoms with Gasteiger partial charge in [0.1, 0.15) is 0 Å². The third-order valence-corrected chi connectivity index (χ3v) is 5.50. The summed E-state index contributed by atoms with van der Waals surface area (Å²) in [6, 6.07) is 18.3. The van der Waals surface area contributed by atoms with Crippen molar-refractivity contribution in [2.45, 2.75) is 31.3 Å². The molecule has 2 aromatic rings. The van der Waals surface area contributed by atoms with Gasteiger partial charge in [0.25, 0.3) is 5.91 Å². The molecular formula is C23H29N3O3. The SMILES string of the molecule is CCCNC(=O)N(C)C[C@H]1[C@H](c2ccccc2)[C@@H](CO)N1C(=O)c1ccccc1. The van der Waals surface area contributed by atoms with Gasteiger partial charge in [-0.15, -0.1) is 0 Å². The molecule has 1 saturated heterocycles. The maximum Gasteiger partial charge on any atom is 0.317 e. The summed E-state index contributed by atoms with van der Waals surface area (Å²) in [7, 11) is 1.74. The van der Waals surface area contributed by atoms with E-state index in [4.69, 9.17) is 0 Å². The lowest BCUT2D eigenvalue weighted by Gasteiger charge is -2.55. The van der Waals surface area contributed by atoms with Crippen LogP contribution >= 0.6 is 0 Å². The minimum absolute atomic E-state index is 0.0321. The van der Waals surface area contributed by atoms with Gasteiger partial charge in [0.2, 0.25) is 0 Å². The van der Waals surface area contributed by atoms with E-state index in [0.717, 1.165) is 12.0 Å². The number of benzene rings is 2. The lowest BCUT2D eigenvalue weighted by Crippen LogP contribution is -2.68. The molecule has 0 aliphatic carbocycles. The van der Waals surface area contributed by atoms with Crippen molar-refractivity contribution in [1.82, 2.24) is 15.1 Å². The van der Waals surface area contributed by atoms with E-state index < -0.39 is 0 Å². The maximum absolute atomic E-state index is 13.2. The predicted octanol–water partition coefficient (Wildman–Crippen LogP) is 2.71. The van der Waals surface area contributed by atoms with Crippen LogP contribution < -0.4 is 5.32 Å². The second-order valence-electron chi connectivity index (χ2n) is 7.44. The first-order valence-corrected chi connectivity index (χ1v) is 10.1. The van der Waals surface area contributed by atoms with E-state index in [1.807, 2.05) is 55.5 Å². The number of carbonyl (C=O) groups is 2. The Hall–Kier alpha value is -2.86. The van der Waals surface area contributed by atoms with Gasteiger partial charge in [-0.05, 0) is 24.1 Å². The van der Waals surface area contributed by atoms with Crippen molar-refractivity contribution in [3.05, 3.63) is 71.8 Å². The number of nitrogens with zero attached hydrogens (tertiary/aromatic N) is 2. The molecule has 1 fully saturated rings. The van der Waals surface area contributed by atoms with E-state index in [-0.39, 0.29) is 36.5 Å². The highest BCUT2D eigenvalue weighted by molar-refractivity contribution is 5.95. The van der Waals surface area contributed by atoms with Gasteiger partial charge in [0, 0.05) is 31.6 Å². The lowest BCUT2D eigenvalue weighted by molar-refractivity contribution is -0.0315. The summed E-state index contributed by atoms with van der Waals surface area (Å²) in [5.41, 5.74) is 1.65. The third-order valence-electron chi connectivity index (χ3n) is 5.50. The van der Waals surface area contributed by atoms with E-state index in [1.54, 1.807) is 29.0 Å². The average Bonchev–Trinajstić information content (AvgIpc) is 2.75. The van der Waals surface area contributed by atoms with Crippen LogP contribution in [0.4, 0.5) is 4.79 Å². The van der Waals surface area contributed by atoms with Gasteiger partial charge < -0.3 is 20.2 Å². The molecule has 0 spiro atoms. The number of nitrogens with one attached hydrogen (secondary N) is 1. The van der Waals surface area contributed by atoms with Crippen LogP contribution in [0, 0.1) is 0 Å². The summed E-state index contributed by atoms with van der Waals surface area (Å²) in [5.74, 6) is -0.153. The normalized spacial score (nSPS) is 20.7. The molecule has 1 heterocycles. The van der Waals surface area contributed by atoms with Crippen molar-refractivity contribution < 1.29 is 14.7 Å². The highest BCUT2D eigenvalue weighted by Crippen LogP contribution is 2.41. The van der Waals surface area contributed by atoms with Crippen LogP contribution in [-0.2, 0) is 0 Å². The zero-order valence-corrected chi connectivity index (χ0v) is 17.0.